The minimum atomic E-state index is -0.418. The van der Waals surface area contributed by atoms with Crippen LogP contribution >= 0.6 is 0 Å². The number of para-hydroxylation sites is 1. The minimum absolute atomic E-state index is 0.102. The van der Waals surface area contributed by atoms with Gasteiger partial charge in [-0.05, 0) is 29.8 Å². The van der Waals surface area contributed by atoms with E-state index in [4.69, 9.17) is 9.47 Å². The predicted molar refractivity (Wildman–Crippen MR) is 97.5 cm³/mol. The van der Waals surface area contributed by atoms with Crippen LogP contribution in [0.3, 0.4) is 0 Å². The summed E-state index contributed by atoms with van der Waals surface area (Å²) < 4.78 is 12.1. The van der Waals surface area contributed by atoms with Crippen molar-refractivity contribution >= 4 is 28.5 Å². The molecule has 1 aliphatic heterocycles. The fourth-order valence-electron chi connectivity index (χ4n) is 3.27. The number of hydrogen-bond acceptors (Lipinski definition) is 4. The van der Waals surface area contributed by atoms with Crippen molar-refractivity contribution in [3.05, 3.63) is 59.8 Å². The molecule has 2 heterocycles. The number of esters is 1. The van der Waals surface area contributed by atoms with Crippen LogP contribution in [0, 0.1) is 0 Å². The first-order valence-electron chi connectivity index (χ1n) is 8.37. The van der Waals surface area contributed by atoms with Crippen LogP contribution in [0.25, 0.3) is 10.9 Å². The van der Waals surface area contributed by atoms with Crippen molar-refractivity contribution in [2.45, 2.75) is 13.0 Å². The molecule has 0 atom stereocenters. The second-order valence-corrected chi connectivity index (χ2v) is 6.15. The second-order valence-electron chi connectivity index (χ2n) is 6.15. The largest absolute Gasteiger partial charge is 0.493 e. The first-order chi connectivity index (χ1) is 12.7. The Morgan fingerprint density at radius 2 is 2.08 bits per heavy atom. The molecule has 1 amide bonds. The number of anilines is 1. The normalized spacial score (nSPS) is 12.5. The third-order valence-corrected chi connectivity index (χ3v) is 4.48. The zero-order valence-corrected chi connectivity index (χ0v) is 14.3. The van der Waals surface area contributed by atoms with Crippen LogP contribution in [0.15, 0.2) is 48.7 Å². The van der Waals surface area contributed by atoms with Crippen LogP contribution in [-0.4, -0.2) is 30.2 Å². The van der Waals surface area contributed by atoms with Crippen molar-refractivity contribution in [2.24, 2.45) is 0 Å². The Labute approximate surface area is 150 Å². The van der Waals surface area contributed by atoms with Gasteiger partial charge in [0.1, 0.15) is 12.3 Å². The summed E-state index contributed by atoms with van der Waals surface area (Å²) in [4.78, 5) is 24.5. The standard InChI is InChI=1S/C20H18N2O4/c1-25-20(24)16-11-22(17-5-3-2-4-15(16)17)12-19(23)21-14-6-7-18-13(10-14)8-9-26-18/h2-7,10-11H,8-9,12H2,1H3,(H,21,23). The van der Waals surface area contributed by atoms with Crippen molar-refractivity contribution in [2.75, 3.05) is 19.0 Å². The molecule has 0 saturated carbocycles. The summed E-state index contributed by atoms with van der Waals surface area (Å²) >= 11 is 0. The van der Waals surface area contributed by atoms with E-state index in [0.29, 0.717) is 12.2 Å². The van der Waals surface area contributed by atoms with Crippen LogP contribution < -0.4 is 10.1 Å². The number of benzene rings is 2. The SMILES string of the molecule is COC(=O)c1cn(CC(=O)Nc2ccc3c(c2)CCO3)c2ccccc12. The van der Waals surface area contributed by atoms with Crippen LogP contribution in [-0.2, 0) is 22.5 Å². The molecule has 0 spiro atoms. The molecule has 0 radical (unpaired) electrons. The first-order valence-corrected chi connectivity index (χ1v) is 8.37. The van der Waals surface area contributed by atoms with Gasteiger partial charge in [-0.3, -0.25) is 4.79 Å². The summed E-state index contributed by atoms with van der Waals surface area (Å²) in [5.74, 6) is 0.294. The molecule has 1 aliphatic rings. The summed E-state index contributed by atoms with van der Waals surface area (Å²) in [7, 11) is 1.35. The molecule has 0 unspecified atom stereocenters. The Morgan fingerprint density at radius 3 is 2.92 bits per heavy atom. The fraction of sp³-hybridized carbons (Fsp3) is 0.200. The number of ether oxygens (including phenoxy) is 2. The van der Waals surface area contributed by atoms with Gasteiger partial charge >= 0.3 is 5.97 Å². The Hall–Kier alpha value is -3.28. The molecule has 132 valence electrons. The van der Waals surface area contributed by atoms with E-state index in [2.05, 4.69) is 5.32 Å². The number of nitrogens with zero attached hydrogens (tertiary/aromatic N) is 1. The molecule has 4 rings (SSSR count). The first kappa shape index (κ1) is 16.2. The van der Waals surface area contributed by atoms with E-state index >= 15 is 0 Å². The monoisotopic (exact) mass is 350 g/mol. The molecular weight excluding hydrogens is 332 g/mol. The third kappa shape index (κ3) is 2.90. The van der Waals surface area contributed by atoms with Crippen molar-refractivity contribution in [3.63, 3.8) is 0 Å². The Kier molecular flexibility index (Phi) is 4.08. The van der Waals surface area contributed by atoms with Gasteiger partial charge in [0.15, 0.2) is 0 Å². The Balaban J connectivity index is 1.57. The smallest absolute Gasteiger partial charge is 0.340 e. The van der Waals surface area contributed by atoms with E-state index in [1.807, 2.05) is 42.5 Å². The molecule has 6 heteroatoms. The molecule has 1 aromatic heterocycles. The highest BCUT2D eigenvalue weighted by Gasteiger charge is 2.17. The topological polar surface area (TPSA) is 69.6 Å². The van der Waals surface area contributed by atoms with Gasteiger partial charge in [-0.15, -0.1) is 0 Å². The van der Waals surface area contributed by atoms with Crippen molar-refractivity contribution in [3.8, 4) is 5.75 Å². The lowest BCUT2D eigenvalue weighted by molar-refractivity contribution is -0.116. The number of carbonyl (C=O) groups excluding carboxylic acids is 2. The zero-order chi connectivity index (χ0) is 18.1. The number of methoxy groups -OCH3 is 1. The summed E-state index contributed by atoms with van der Waals surface area (Å²) in [6.45, 7) is 0.781. The van der Waals surface area contributed by atoms with Gasteiger partial charge in [0, 0.05) is 29.2 Å². The lowest BCUT2D eigenvalue weighted by Gasteiger charge is -2.08. The molecular formula is C20H18N2O4. The van der Waals surface area contributed by atoms with Crippen LogP contribution in [0.2, 0.25) is 0 Å². The molecule has 0 saturated heterocycles. The highest BCUT2D eigenvalue weighted by atomic mass is 16.5. The van der Waals surface area contributed by atoms with Gasteiger partial charge in [0.2, 0.25) is 5.91 Å². The number of carbonyl (C=O) groups is 2. The van der Waals surface area contributed by atoms with E-state index in [9.17, 15) is 9.59 Å². The quantitative estimate of drug-likeness (QED) is 0.735. The van der Waals surface area contributed by atoms with E-state index in [0.717, 1.165) is 34.3 Å². The highest BCUT2D eigenvalue weighted by Crippen LogP contribution is 2.28. The number of fused-ring (bicyclic) bond motifs is 2. The van der Waals surface area contributed by atoms with E-state index in [-0.39, 0.29) is 12.5 Å². The average Bonchev–Trinajstić information content (AvgIpc) is 3.25. The van der Waals surface area contributed by atoms with Gasteiger partial charge in [0.25, 0.3) is 0 Å². The summed E-state index contributed by atoms with van der Waals surface area (Å²) in [6.07, 6.45) is 2.51. The predicted octanol–water partition coefficient (Wildman–Crippen LogP) is 3.00. The molecule has 0 aliphatic carbocycles. The van der Waals surface area contributed by atoms with Crippen LogP contribution in [0.5, 0.6) is 5.75 Å². The summed E-state index contributed by atoms with van der Waals surface area (Å²) in [5, 5.41) is 3.67. The number of amides is 1. The maximum atomic E-state index is 12.5. The molecule has 26 heavy (non-hydrogen) atoms. The molecule has 1 N–H and O–H groups in total. The van der Waals surface area contributed by atoms with E-state index in [1.165, 1.54) is 7.11 Å². The van der Waals surface area contributed by atoms with Crippen molar-refractivity contribution < 1.29 is 19.1 Å². The number of rotatable bonds is 4. The maximum absolute atomic E-state index is 12.5. The van der Waals surface area contributed by atoms with Crippen LogP contribution in [0.4, 0.5) is 5.69 Å². The highest BCUT2D eigenvalue weighted by molar-refractivity contribution is 6.05. The molecule has 6 nitrogen and oxygen atoms in total. The lowest BCUT2D eigenvalue weighted by atomic mass is 10.1. The van der Waals surface area contributed by atoms with Gasteiger partial charge in [0.05, 0.1) is 19.3 Å². The Morgan fingerprint density at radius 1 is 1.23 bits per heavy atom. The van der Waals surface area contributed by atoms with Crippen LogP contribution in [0.1, 0.15) is 15.9 Å². The molecule has 3 aromatic rings. The van der Waals surface area contributed by atoms with Gasteiger partial charge in [-0.2, -0.15) is 0 Å². The summed E-state index contributed by atoms with van der Waals surface area (Å²) in [5.41, 5.74) is 3.10. The Bertz CT molecular complexity index is 1010. The number of aromatic nitrogens is 1. The maximum Gasteiger partial charge on any atom is 0.340 e. The van der Waals surface area contributed by atoms with E-state index in [1.54, 1.807) is 10.8 Å². The van der Waals surface area contributed by atoms with Crippen molar-refractivity contribution in [1.82, 2.24) is 4.57 Å². The lowest BCUT2D eigenvalue weighted by Crippen LogP contribution is -2.18. The average molecular weight is 350 g/mol. The fourth-order valence-corrected chi connectivity index (χ4v) is 3.27. The van der Waals surface area contributed by atoms with Gasteiger partial charge in [-0.1, -0.05) is 18.2 Å². The number of hydrogen-bond donors (Lipinski definition) is 1. The second kappa shape index (κ2) is 6.55. The van der Waals surface area contributed by atoms with Gasteiger partial charge < -0.3 is 19.4 Å². The third-order valence-electron chi connectivity index (χ3n) is 4.48. The molecule has 0 bridgehead atoms. The molecule has 0 fully saturated rings. The number of nitrogens with one attached hydrogen (secondary N) is 1. The zero-order valence-electron chi connectivity index (χ0n) is 14.3. The molecule has 2 aromatic carbocycles. The summed E-state index contributed by atoms with van der Waals surface area (Å²) in [6, 6.07) is 13.1. The van der Waals surface area contributed by atoms with Crippen molar-refractivity contribution in [1.29, 1.82) is 0 Å². The minimum Gasteiger partial charge on any atom is -0.493 e. The van der Waals surface area contributed by atoms with E-state index < -0.39 is 5.97 Å². The van der Waals surface area contributed by atoms with Gasteiger partial charge in [-0.25, -0.2) is 4.79 Å².